The molecule has 3 rings (SSSR count). The molecule has 0 spiro atoms. The Morgan fingerprint density at radius 3 is 2.27 bits per heavy atom. The fraction of sp³-hybridized carbons (Fsp3) is 0. The van der Waals surface area contributed by atoms with Crippen LogP contribution in [0.5, 0.6) is 11.8 Å². The van der Waals surface area contributed by atoms with Gasteiger partial charge in [-0.25, -0.2) is 13.2 Å². The molecule has 130 valence electrons. The summed E-state index contributed by atoms with van der Waals surface area (Å²) in [7, 11) is 0. The molecule has 10 heteroatoms. The number of ether oxygens (including phenoxy) is 1. The maximum Gasteiger partial charge on any atom is 0.328 e. The van der Waals surface area contributed by atoms with Gasteiger partial charge in [-0.15, -0.1) is 0 Å². The van der Waals surface area contributed by atoms with Gasteiger partial charge < -0.3 is 15.8 Å². The highest BCUT2D eigenvalue weighted by molar-refractivity contribution is 5.55. The van der Waals surface area contributed by atoms with Gasteiger partial charge in [0.15, 0.2) is 11.6 Å². The van der Waals surface area contributed by atoms with Crippen molar-refractivity contribution in [3.8, 4) is 17.8 Å². The van der Waals surface area contributed by atoms with Crippen molar-refractivity contribution in [2.24, 2.45) is 0 Å². The minimum atomic E-state index is -1.26. The fourth-order valence-corrected chi connectivity index (χ4v) is 1.95. The van der Waals surface area contributed by atoms with Crippen LogP contribution in [-0.2, 0) is 0 Å². The van der Waals surface area contributed by atoms with E-state index in [-0.39, 0.29) is 11.9 Å². The second-order valence-corrected chi connectivity index (χ2v) is 4.91. The Labute approximate surface area is 144 Å². The molecule has 0 saturated carbocycles. The molecule has 0 aliphatic heterocycles. The van der Waals surface area contributed by atoms with Crippen LogP contribution in [0.2, 0.25) is 0 Å². The van der Waals surface area contributed by atoms with Crippen molar-refractivity contribution in [3.05, 3.63) is 59.4 Å². The predicted octanol–water partition coefficient (Wildman–Crippen LogP) is 3.28. The lowest BCUT2D eigenvalue weighted by atomic mass is 10.2. The Balaban J connectivity index is 1.87. The standard InChI is InChI=1S/C16H9F3N6O/c17-9-5-11(18)13(12(19)6-9)26-16-24-14(21)23-15(25-16)22-10-3-1-8(7-20)2-4-10/h1-6H,(H3,21,22,23,24,25). The van der Waals surface area contributed by atoms with E-state index in [1.54, 1.807) is 24.3 Å². The second kappa shape index (κ2) is 6.94. The van der Waals surface area contributed by atoms with Gasteiger partial charge in [0.1, 0.15) is 5.82 Å². The van der Waals surface area contributed by atoms with E-state index in [2.05, 4.69) is 20.3 Å². The molecule has 1 heterocycles. The number of nitrogen functional groups attached to an aromatic ring is 1. The van der Waals surface area contributed by atoms with Crippen molar-refractivity contribution in [1.82, 2.24) is 15.0 Å². The molecule has 3 N–H and O–H groups in total. The summed E-state index contributed by atoms with van der Waals surface area (Å²) in [6, 6.07) is 8.72. The summed E-state index contributed by atoms with van der Waals surface area (Å²) >= 11 is 0. The van der Waals surface area contributed by atoms with E-state index in [1.807, 2.05) is 6.07 Å². The van der Waals surface area contributed by atoms with Gasteiger partial charge in [-0.05, 0) is 24.3 Å². The van der Waals surface area contributed by atoms with Crippen molar-refractivity contribution in [1.29, 1.82) is 5.26 Å². The molecule has 0 saturated heterocycles. The minimum Gasteiger partial charge on any atom is -0.418 e. The number of hydrogen-bond donors (Lipinski definition) is 2. The highest BCUT2D eigenvalue weighted by Gasteiger charge is 2.16. The van der Waals surface area contributed by atoms with Crippen LogP contribution in [0.25, 0.3) is 0 Å². The van der Waals surface area contributed by atoms with E-state index in [0.717, 1.165) is 0 Å². The zero-order chi connectivity index (χ0) is 18.7. The average molecular weight is 358 g/mol. The third-order valence-corrected chi connectivity index (χ3v) is 3.06. The third-order valence-electron chi connectivity index (χ3n) is 3.06. The molecule has 2 aromatic carbocycles. The van der Waals surface area contributed by atoms with Gasteiger partial charge in [-0.2, -0.15) is 20.2 Å². The van der Waals surface area contributed by atoms with Gasteiger partial charge in [-0.1, -0.05) is 0 Å². The molecule has 0 aliphatic carbocycles. The Bertz CT molecular complexity index is 981. The summed E-state index contributed by atoms with van der Waals surface area (Å²) in [6.45, 7) is 0. The number of nitrogens with two attached hydrogens (primary N) is 1. The summed E-state index contributed by atoms with van der Waals surface area (Å²) in [4.78, 5) is 11.3. The quantitative estimate of drug-likeness (QED) is 0.736. The van der Waals surface area contributed by atoms with E-state index in [4.69, 9.17) is 15.7 Å². The normalized spacial score (nSPS) is 10.2. The van der Waals surface area contributed by atoms with Gasteiger partial charge in [0, 0.05) is 17.8 Å². The highest BCUT2D eigenvalue weighted by Crippen LogP contribution is 2.27. The number of benzene rings is 2. The van der Waals surface area contributed by atoms with Crippen LogP contribution in [0.4, 0.5) is 30.8 Å². The molecular weight excluding hydrogens is 349 g/mol. The summed E-state index contributed by atoms with van der Waals surface area (Å²) in [5.74, 6) is -4.81. The Kier molecular flexibility index (Phi) is 4.53. The minimum absolute atomic E-state index is 0.0554. The lowest BCUT2D eigenvalue weighted by Crippen LogP contribution is -2.06. The van der Waals surface area contributed by atoms with Gasteiger partial charge in [0.25, 0.3) is 0 Å². The molecule has 3 aromatic rings. The lowest BCUT2D eigenvalue weighted by molar-refractivity contribution is 0.377. The van der Waals surface area contributed by atoms with Gasteiger partial charge in [0.05, 0.1) is 11.6 Å². The molecule has 0 bridgehead atoms. The Morgan fingerprint density at radius 1 is 1.00 bits per heavy atom. The number of rotatable bonds is 4. The van der Waals surface area contributed by atoms with Crippen molar-refractivity contribution in [3.63, 3.8) is 0 Å². The van der Waals surface area contributed by atoms with Crippen LogP contribution in [0, 0.1) is 28.8 Å². The number of anilines is 3. The van der Waals surface area contributed by atoms with E-state index in [0.29, 0.717) is 23.4 Å². The summed E-state index contributed by atoms with van der Waals surface area (Å²) in [5.41, 5.74) is 6.52. The third kappa shape index (κ3) is 3.78. The summed E-state index contributed by atoms with van der Waals surface area (Å²) < 4.78 is 45.2. The predicted molar refractivity (Wildman–Crippen MR) is 85.1 cm³/mol. The van der Waals surface area contributed by atoms with Crippen LogP contribution in [0.15, 0.2) is 36.4 Å². The summed E-state index contributed by atoms with van der Waals surface area (Å²) in [5, 5.41) is 11.6. The number of nitrogens with zero attached hydrogens (tertiary/aromatic N) is 4. The summed E-state index contributed by atoms with van der Waals surface area (Å²) in [6.07, 6.45) is 0. The average Bonchev–Trinajstić information content (AvgIpc) is 2.58. The molecule has 0 amide bonds. The SMILES string of the molecule is N#Cc1ccc(Nc2nc(N)nc(Oc3c(F)cc(F)cc3F)n2)cc1. The van der Waals surface area contributed by atoms with E-state index >= 15 is 0 Å². The Morgan fingerprint density at radius 2 is 1.65 bits per heavy atom. The maximum absolute atomic E-state index is 13.7. The smallest absolute Gasteiger partial charge is 0.328 e. The van der Waals surface area contributed by atoms with Crippen LogP contribution < -0.4 is 15.8 Å². The first kappa shape index (κ1) is 17.0. The van der Waals surface area contributed by atoms with Gasteiger partial charge in [-0.3, -0.25) is 0 Å². The molecule has 7 nitrogen and oxygen atoms in total. The zero-order valence-corrected chi connectivity index (χ0v) is 12.9. The maximum atomic E-state index is 13.7. The molecule has 26 heavy (non-hydrogen) atoms. The van der Waals surface area contributed by atoms with Crippen molar-refractivity contribution in [2.75, 3.05) is 11.1 Å². The molecule has 1 aromatic heterocycles. The molecule has 0 radical (unpaired) electrons. The zero-order valence-electron chi connectivity index (χ0n) is 12.9. The molecule has 0 fully saturated rings. The fourth-order valence-electron chi connectivity index (χ4n) is 1.95. The highest BCUT2D eigenvalue weighted by atomic mass is 19.1. The number of nitriles is 1. The van der Waals surface area contributed by atoms with Crippen LogP contribution in [0.3, 0.4) is 0 Å². The molecule has 0 unspecified atom stereocenters. The lowest BCUT2D eigenvalue weighted by Gasteiger charge is -2.09. The van der Waals surface area contributed by atoms with E-state index in [1.165, 1.54) is 0 Å². The first-order chi connectivity index (χ1) is 12.4. The van der Waals surface area contributed by atoms with Crippen molar-refractivity contribution < 1.29 is 17.9 Å². The van der Waals surface area contributed by atoms with Crippen LogP contribution in [0.1, 0.15) is 5.56 Å². The van der Waals surface area contributed by atoms with Crippen LogP contribution in [-0.4, -0.2) is 15.0 Å². The monoisotopic (exact) mass is 358 g/mol. The first-order valence-electron chi connectivity index (χ1n) is 7.06. The molecular formula is C16H9F3N6O. The second-order valence-electron chi connectivity index (χ2n) is 4.91. The van der Waals surface area contributed by atoms with Crippen LogP contribution >= 0.6 is 0 Å². The molecule has 0 aliphatic rings. The Hall–Kier alpha value is -3.87. The number of aromatic nitrogens is 3. The van der Waals surface area contributed by atoms with Gasteiger partial charge in [0.2, 0.25) is 17.6 Å². The topological polar surface area (TPSA) is 110 Å². The largest absolute Gasteiger partial charge is 0.418 e. The van der Waals surface area contributed by atoms with E-state index in [9.17, 15) is 13.2 Å². The number of nitrogens with one attached hydrogen (secondary N) is 1. The van der Waals surface area contributed by atoms with Gasteiger partial charge >= 0.3 is 6.01 Å². The number of halogens is 3. The van der Waals surface area contributed by atoms with Crippen molar-refractivity contribution >= 4 is 17.6 Å². The first-order valence-corrected chi connectivity index (χ1v) is 7.06. The molecule has 0 atom stereocenters. The van der Waals surface area contributed by atoms with Crippen molar-refractivity contribution in [2.45, 2.75) is 0 Å². The van der Waals surface area contributed by atoms with E-state index < -0.39 is 29.2 Å². The number of hydrogen-bond acceptors (Lipinski definition) is 7.